The molecule has 2 saturated heterocycles. The van der Waals surface area contributed by atoms with Gasteiger partial charge in [-0.2, -0.15) is 0 Å². The Kier molecular flexibility index (Phi) is 3.56. The van der Waals surface area contributed by atoms with Crippen LogP contribution in [-0.4, -0.2) is 43.4 Å². The Balaban J connectivity index is 1.80. The zero-order valence-electron chi connectivity index (χ0n) is 11.6. The number of rotatable bonds is 2. The van der Waals surface area contributed by atoms with Gasteiger partial charge in [-0.1, -0.05) is 0 Å². The molecular weight excluding hydrogens is 236 g/mol. The van der Waals surface area contributed by atoms with Crippen LogP contribution in [0.4, 0.5) is 5.69 Å². The molecule has 0 aromatic heterocycles. The molecule has 1 aromatic carbocycles. The third kappa shape index (κ3) is 2.52. The molecule has 0 bridgehead atoms. The molecule has 2 aliphatic rings. The van der Waals surface area contributed by atoms with Gasteiger partial charge in [-0.25, -0.2) is 0 Å². The van der Waals surface area contributed by atoms with Crippen molar-refractivity contribution in [1.82, 2.24) is 4.90 Å². The average molecular weight is 258 g/mol. The number of aryl methyl sites for hydroxylation is 1. The Labute approximate surface area is 115 Å². The van der Waals surface area contributed by atoms with E-state index in [4.69, 9.17) is 0 Å². The van der Waals surface area contributed by atoms with Crippen molar-refractivity contribution in [3.63, 3.8) is 0 Å². The number of hydrogen-bond acceptors (Lipinski definition) is 3. The fraction of sp³-hybridized carbons (Fsp3) is 0.562. The molecule has 0 aliphatic carbocycles. The predicted octanol–water partition coefficient (Wildman–Crippen LogP) is 2.48. The zero-order chi connectivity index (χ0) is 13.2. The molecule has 1 atom stereocenters. The lowest BCUT2D eigenvalue weighted by atomic mass is 10.1. The number of benzene rings is 1. The van der Waals surface area contributed by atoms with E-state index in [-0.39, 0.29) is 0 Å². The molecule has 19 heavy (non-hydrogen) atoms. The summed E-state index contributed by atoms with van der Waals surface area (Å²) in [6, 6.07) is 6.94. The standard InChI is InChI=1S/C16H22N2O/c1-13-10-15(6-5-14(13)12-19)18-9-3-8-17-7-2-4-16(17)11-18/h5-6,10,12,16H,2-4,7-9,11H2,1H3. The highest BCUT2D eigenvalue weighted by molar-refractivity contribution is 5.78. The molecule has 0 amide bonds. The van der Waals surface area contributed by atoms with E-state index in [1.165, 1.54) is 38.0 Å². The van der Waals surface area contributed by atoms with Gasteiger partial charge in [0.2, 0.25) is 0 Å². The van der Waals surface area contributed by atoms with Crippen LogP contribution in [-0.2, 0) is 0 Å². The number of carbonyl (C=O) groups excluding carboxylic acids is 1. The first-order valence-electron chi connectivity index (χ1n) is 7.33. The van der Waals surface area contributed by atoms with Crippen LogP contribution >= 0.6 is 0 Å². The van der Waals surface area contributed by atoms with Crippen LogP contribution in [0.25, 0.3) is 0 Å². The van der Waals surface area contributed by atoms with E-state index >= 15 is 0 Å². The molecule has 0 N–H and O–H groups in total. The van der Waals surface area contributed by atoms with Crippen LogP contribution in [0.15, 0.2) is 18.2 Å². The molecule has 2 aliphatic heterocycles. The maximum absolute atomic E-state index is 10.9. The fourth-order valence-electron chi connectivity index (χ4n) is 3.43. The van der Waals surface area contributed by atoms with Crippen LogP contribution in [0, 0.1) is 6.92 Å². The van der Waals surface area contributed by atoms with E-state index in [1.807, 2.05) is 13.0 Å². The smallest absolute Gasteiger partial charge is 0.150 e. The molecular formula is C16H22N2O. The lowest BCUT2D eigenvalue weighted by Gasteiger charge is -2.27. The summed E-state index contributed by atoms with van der Waals surface area (Å²) in [5.41, 5.74) is 3.16. The lowest BCUT2D eigenvalue weighted by Crippen LogP contribution is -2.36. The molecule has 2 fully saturated rings. The maximum atomic E-state index is 10.9. The van der Waals surface area contributed by atoms with Gasteiger partial charge in [0.05, 0.1) is 0 Å². The minimum atomic E-state index is 0.730. The summed E-state index contributed by atoms with van der Waals surface area (Å²) in [4.78, 5) is 16.0. The monoisotopic (exact) mass is 258 g/mol. The summed E-state index contributed by atoms with van der Waals surface area (Å²) in [5, 5.41) is 0. The second kappa shape index (κ2) is 5.33. The van der Waals surface area contributed by atoms with Gasteiger partial charge in [0.25, 0.3) is 0 Å². The molecule has 3 rings (SSSR count). The minimum absolute atomic E-state index is 0.730. The van der Waals surface area contributed by atoms with Crippen molar-refractivity contribution in [3.05, 3.63) is 29.3 Å². The first-order chi connectivity index (χ1) is 9.28. The summed E-state index contributed by atoms with van der Waals surface area (Å²) in [6.45, 7) is 6.81. The summed E-state index contributed by atoms with van der Waals surface area (Å²) in [5.74, 6) is 0. The van der Waals surface area contributed by atoms with Crippen LogP contribution < -0.4 is 4.90 Å². The molecule has 2 heterocycles. The highest BCUT2D eigenvalue weighted by Crippen LogP contribution is 2.26. The fourth-order valence-corrected chi connectivity index (χ4v) is 3.43. The van der Waals surface area contributed by atoms with Crippen LogP contribution in [0.1, 0.15) is 35.2 Å². The second-order valence-corrected chi connectivity index (χ2v) is 5.79. The number of hydrogen-bond donors (Lipinski definition) is 0. The van der Waals surface area contributed by atoms with E-state index in [1.54, 1.807) is 0 Å². The SMILES string of the molecule is Cc1cc(N2CCCN3CCCC3C2)ccc1C=O. The quantitative estimate of drug-likeness (QED) is 0.761. The number of anilines is 1. The highest BCUT2D eigenvalue weighted by atomic mass is 16.1. The zero-order valence-corrected chi connectivity index (χ0v) is 11.6. The van der Waals surface area contributed by atoms with E-state index in [0.29, 0.717) is 0 Å². The van der Waals surface area contributed by atoms with Gasteiger partial charge >= 0.3 is 0 Å². The van der Waals surface area contributed by atoms with Crippen molar-refractivity contribution in [3.8, 4) is 0 Å². The summed E-state index contributed by atoms with van der Waals surface area (Å²) in [7, 11) is 0. The van der Waals surface area contributed by atoms with Crippen molar-refractivity contribution in [1.29, 1.82) is 0 Å². The van der Waals surface area contributed by atoms with Gasteiger partial charge in [-0.05, 0) is 56.5 Å². The molecule has 102 valence electrons. The maximum Gasteiger partial charge on any atom is 0.150 e. The van der Waals surface area contributed by atoms with E-state index in [9.17, 15) is 4.79 Å². The van der Waals surface area contributed by atoms with E-state index in [2.05, 4.69) is 21.9 Å². The molecule has 3 nitrogen and oxygen atoms in total. The van der Waals surface area contributed by atoms with Crippen LogP contribution in [0.3, 0.4) is 0 Å². The largest absolute Gasteiger partial charge is 0.370 e. The van der Waals surface area contributed by atoms with Gasteiger partial charge in [0.15, 0.2) is 0 Å². The van der Waals surface area contributed by atoms with Crippen LogP contribution in [0.5, 0.6) is 0 Å². The number of carbonyl (C=O) groups is 1. The minimum Gasteiger partial charge on any atom is -0.370 e. The lowest BCUT2D eigenvalue weighted by molar-refractivity contribution is 0.112. The Morgan fingerprint density at radius 1 is 1.21 bits per heavy atom. The Bertz CT molecular complexity index is 472. The molecule has 0 saturated carbocycles. The topological polar surface area (TPSA) is 23.6 Å². The summed E-state index contributed by atoms with van der Waals surface area (Å²) < 4.78 is 0. The van der Waals surface area contributed by atoms with Crippen molar-refractivity contribution >= 4 is 12.0 Å². The molecule has 0 spiro atoms. The number of nitrogens with zero attached hydrogens (tertiary/aromatic N) is 2. The Morgan fingerprint density at radius 3 is 2.84 bits per heavy atom. The first-order valence-corrected chi connectivity index (χ1v) is 7.33. The first kappa shape index (κ1) is 12.7. The highest BCUT2D eigenvalue weighted by Gasteiger charge is 2.28. The van der Waals surface area contributed by atoms with Crippen molar-refractivity contribution in [2.45, 2.75) is 32.2 Å². The van der Waals surface area contributed by atoms with Gasteiger partial charge in [-0.3, -0.25) is 9.69 Å². The molecule has 1 aromatic rings. The average Bonchev–Trinajstić information content (AvgIpc) is 2.76. The summed E-state index contributed by atoms with van der Waals surface area (Å²) >= 11 is 0. The molecule has 1 unspecified atom stereocenters. The van der Waals surface area contributed by atoms with Gasteiger partial charge in [-0.15, -0.1) is 0 Å². The van der Waals surface area contributed by atoms with E-state index in [0.717, 1.165) is 36.5 Å². The van der Waals surface area contributed by atoms with E-state index < -0.39 is 0 Å². The number of fused-ring (bicyclic) bond motifs is 1. The molecule has 3 heteroatoms. The normalized spacial score (nSPS) is 24.1. The van der Waals surface area contributed by atoms with Crippen molar-refractivity contribution < 1.29 is 4.79 Å². The Hall–Kier alpha value is -1.35. The van der Waals surface area contributed by atoms with Gasteiger partial charge in [0.1, 0.15) is 6.29 Å². The molecule has 0 radical (unpaired) electrons. The third-order valence-electron chi connectivity index (χ3n) is 4.55. The predicted molar refractivity (Wildman–Crippen MR) is 78.0 cm³/mol. The van der Waals surface area contributed by atoms with Gasteiger partial charge < -0.3 is 4.90 Å². The number of aldehydes is 1. The second-order valence-electron chi connectivity index (χ2n) is 5.79. The Morgan fingerprint density at radius 2 is 2.05 bits per heavy atom. The van der Waals surface area contributed by atoms with Crippen LogP contribution in [0.2, 0.25) is 0 Å². The van der Waals surface area contributed by atoms with Crippen molar-refractivity contribution in [2.24, 2.45) is 0 Å². The van der Waals surface area contributed by atoms with Crippen molar-refractivity contribution in [2.75, 3.05) is 31.1 Å². The third-order valence-corrected chi connectivity index (χ3v) is 4.55. The van der Waals surface area contributed by atoms with Gasteiger partial charge in [0, 0.05) is 36.9 Å². The summed E-state index contributed by atoms with van der Waals surface area (Å²) in [6.07, 6.45) is 4.87.